The predicted octanol–water partition coefficient (Wildman–Crippen LogP) is 4.07. The number of hydrogen-bond acceptors (Lipinski definition) is 3. The number of aromatic amines is 1. The zero-order valence-electron chi connectivity index (χ0n) is 11.7. The number of hydrogen-bond donors (Lipinski definition) is 1. The van der Waals surface area contributed by atoms with Crippen LogP contribution in [0.15, 0.2) is 6.07 Å². The molecule has 2 aliphatic carbocycles. The average Bonchev–Trinajstić information content (AvgIpc) is 3.24. The highest BCUT2D eigenvalue weighted by Crippen LogP contribution is 2.43. The van der Waals surface area contributed by atoms with E-state index in [1.165, 1.54) is 31.4 Å². The second-order valence-corrected chi connectivity index (χ2v) is 6.60. The maximum absolute atomic E-state index is 5.88. The molecule has 2 saturated carbocycles. The molecule has 0 unspecified atom stereocenters. The molecule has 0 spiro atoms. The fraction of sp³-hybridized carbons (Fsp3) is 0.733. The molecule has 1 aromatic heterocycles. The van der Waals surface area contributed by atoms with Crippen LogP contribution >= 0.6 is 12.2 Å². The van der Waals surface area contributed by atoms with Gasteiger partial charge in [0.05, 0.1) is 0 Å². The molecule has 1 N–H and O–H groups in total. The van der Waals surface area contributed by atoms with E-state index in [0.717, 1.165) is 24.6 Å². The van der Waals surface area contributed by atoms with E-state index in [1.807, 2.05) is 6.07 Å². The third-order valence-electron chi connectivity index (χ3n) is 4.69. The van der Waals surface area contributed by atoms with Crippen LogP contribution in [-0.2, 0) is 10.3 Å². The van der Waals surface area contributed by atoms with Crippen molar-refractivity contribution < 1.29 is 4.74 Å². The Labute approximate surface area is 119 Å². The molecule has 0 bridgehead atoms. The second kappa shape index (κ2) is 4.98. The minimum absolute atomic E-state index is 0.245. The van der Waals surface area contributed by atoms with E-state index >= 15 is 0 Å². The summed E-state index contributed by atoms with van der Waals surface area (Å²) in [6.07, 6.45) is 7.01. The first-order valence-electron chi connectivity index (χ1n) is 7.30. The minimum Gasteiger partial charge on any atom is -0.370 e. The smallest absolute Gasteiger partial charge is 0.140 e. The van der Waals surface area contributed by atoms with Gasteiger partial charge in [0, 0.05) is 12.8 Å². The Morgan fingerprint density at radius 2 is 2.00 bits per heavy atom. The van der Waals surface area contributed by atoms with E-state index in [9.17, 15) is 0 Å². The second-order valence-electron chi connectivity index (χ2n) is 6.18. The zero-order chi connectivity index (χ0) is 13.5. The molecule has 1 aromatic rings. The largest absolute Gasteiger partial charge is 0.370 e. The van der Waals surface area contributed by atoms with Gasteiger partial charge in [-0.1, -0.05) is 19.1 Å². The molecule has 0 atom stereocenters. The molecule has 3 rings (SSSR count). The number of rotatable bonds is 3. The summed E-state index contributed by atoms with van der Waals surface area (Å²) >= 11 is 5.34. The molecular formula is C15H22N2OS. The van der Waals surface area contributed by atoms with E-state index < -0.39 is 0 Å². The topological polar surface area (TPSA) is 37.9 Å². The van der Waals surface area contributed by atoms with Crippen LogP contribution in [0.1, 0.15) is 62.9 Å². The summed E-state index contributed by atoms with van der Waals surface area (Å²) in [5.74, 6) is 2.41. The first kappa shape index (κ1) is 13.3. The van der Waals surface area contributed by atoms with Crippen molar-refractivity contribution in [2.24, 2.45) is 5.92 Å². The van der Waals surface area contributed by atoms with Crippen molar-refractivity contribution in [1.29, 1.82) is 0 Å². The number of nitrogens with one attached hydrogen (secondary N) is 1. The van der Waals surface area contributed by atoms with Crippen LogP contribution in [0.2, 0.25) is 0 Å². The van der Waals surface area contributed by atoms with Gasteiger partial charge in [0.15, 0.2) is 0 Å². The van der Waals surface area contributed by atoms with E-state index in [2.05, 4.69) is 16.9 Å². The van der Waals surface area contributed by atoms with Crippen molar-refractivity contribution in [1.82, 2.24) is 9.97 Å². The molecule has 0 saturated heterocycles. The molecule has 2 aliphatic rings. The van der Waals surface area contributed by atoms with Crippen molar-refractivity contribution in [3.05, 3.63) is 22.2 Å². The van der Waals surface area contributed by atoms with E-state index in [-0.39, 0.29) is 5.60 Å². The first-order chi connectivity index (χ1) is 9.13. The summed E-state index contributed by atoms with van der Waals surface area (Å²) in [7, 11) is 1.80. The maximum Gasteiger partial charge on any atom is 0.140 e. The van der Waals surface area contributed by atoms with E-state index in [0.29, 0.717) is 10.6 Å². The summed E-state index contributed by atoms with van der Waals surface area (Å²) in [5, 5.41) is 0. The fourth-order valence-corrected chi connectivity index (χ4v) is 3.29. The van der Waals surface area contributed by atoms with Crippen LogP contribution in [0.25, 0.3) is 0 Å². The maximum atomic E-state index is 5.88. The van der Waals surface area contributed by atoms with Gasteiger partial charge in [0.25, 0.3) is 0 Å². The number of H-pyrrole nitrogens is 1. The molecule has 4 heteroatoms. The van der Waals surface area contributed by atoms with Crippen molar-refractivity contribution in [3.63, 3.8) is 0 Å². The van der Waals surface area contributed by atoms with Gasteiger partial charge in [-0.2, -0.15) is 0 Å². The van der Waals surface area contributed by atoms with Gasteiger partial charge in [0.1, 0.15) is 16.1 Å². The minimum atomic E-state index is -0.245. The first-order valence-corrected chi connectivity index (χ1v) is 7.71. The average molecular weight is 278 g/mol. The van der Waals surface area contributed by atoms with Gasteiger partial charge in [-0.3, -0.25) is 0 Å². The Bertz CT molecular complexity index is 513. The van der Waals surface area contributed by atoms with Crippen LogP contribution < -0.4 is 0 Å². The normalized spacial score (nSPS) is 31.4. The summed E-state index contributed by atoms with van der Waals surface area (Å²) in [4.78, 5) is 8.09. The molecule has 104 valence electrons. The quantitative estimate of drug-likeness (QED) is 0.847. The van der Waals surface area contributed by atoms with E-state index in [1.54, 1.807) is 7.11 Å². The van der Waals surface area contributed by atoms with Gasteiger partial charge in [-0.05, 0) is 56.4 Å². The Hall–Kier alpha value is -0.740. The Balaban J connectivity index is 1.96. The summed E-state index contributed by atoms with van der Waals surface area (Å²) in [6, 6.07) is 2.02. The van der Waals surface area contributed by atoms with Crippen molar-refractivity contribution in [2.45, 2.75) is 57.0 Å². The van der Waals surface area contributed by atoms with Gasteiger partial charge < -0.3 is 9.72 Å². The molecule has 0 aliphatic heterocycles. The zero-order valence-corrected chi connectivity index (χ0v) is 12.6. The highest BCUT2D eigenvalue weighted by atomic mass is 32.1. The van der Waals surface area contributed by atoms with Crippen LogP contribution in [-0.4, -0.2) is 17.1 Å². The number of ether oxygens (including phenoxy) is 1. The SMILES string of the molecule is COC1(c2nc(=S)cc(C3CC3)[nH]2)CCC(C)CC1. The number of aromatic nitrogens is 2. The molecular weight excluding hydrogens is 256 g/mol. The number of methoxy groups -OCH3 is 1. The Morgan fingerprint density at radius 3 is 2.58 bits per heavy atom. The summed E-state index contributed by atoms with van der Waals surface area (Å²) in [6.45, 7) is 2.32. The van der Waals surface area contributed by atoms with E-state index in [4.69, 9.17) is 17.0 Å². The van der Waals surface area contributed by atoms with Crippen LogP contribution in [0.5, 0.6) is 0 Å². The summed E-state index contributed by atoms with van der Waals surface area (Å²) < 4.78 is 6.58. The highest BCUT2D eigenvalue weighted by Gasteiger charge is 2.39. The van der Waals surface area contributed by atoms with Crippen LogP contribution in [0, 0.1) is 10.6 Å². The predicted molar refractivity (Wildman–Crippen MR) is 77.7 cm³/mol. The molecule has 0 aromatic carbocycles. The monoisotopic (exact) mass is 278 g/mol. The molecule has 2 fully saturated rings. The number of nitrogens with zero attached hydrogens (tertiary/aromatic N) is 1. The van der Waals surface area contributed by atoms with Crippen LogP contribution in [0.4, 0.5) is 0 Å². The van der Waals surface area contributed by atoms with Crippen molar-refractivity contribution in [2.75, 3.05) is 7.11 Å². The lowest BCUT2D eigenvalue weighted by Gasteiger charge is -2.37. The van der Waals surface area contributed by atoms with Crippen molar-refractivity contribution >= 4 is 12.2 Å². The standard InChI is InChI=1S/C15H22N2OS/c1-10-5-7-15(18-2,8-6-10)14-16-12(11-3-4-11)9-13(19)17-14/h9-11H,3-8H2,1-2H3,(H,16,17,19). The lowest BCUT2D eigenvalue weighted by molar-refractivity contribution is -0.0599. The van der Waals surface area contributed by atoms with Gasteiger partial charge >= 0.3 is 0 Å². The highest BCUT2D eigenvalue weighted by molar-refractivity contribution is 7.71. The Morgan fingerprint density at radius 1 is 1.32 bits per heavy atom. The Kier molecular flexibility index (Phi) is 3.48. The fourth-order valence-electron chi connectivity index (χ4n) is 3.07. The third kappa shape index (κ3) is 2.61. The molecule has 0 radical (unpaired) electrons. The van der Waals surface area contributed by atoms with Crippen molar-refractivity contribution in [3.8, 4) is 0 Å². The molecule has 0 amide bonds. The third-order valence-corrected chi connectivity index (χ3v) is 4.89. The molecule has 1 heterocycles. The van der Waals surface area contributed by atoms with Gasteiger partial charge in [-0.25, -0.2) is 4.98 Å². The molecule has 3 nitrogen and oxygen atoms in total. The van der Waals surface area contributed by atoms with Crippen LogP contribution in [0.3, 0.4) is 0 Å². The molecule has 19 heavy (non-hydrogen) atoms. The van der Waals surface area contributed by atoms with Gasteiger partial charge in [-0.15, -0.1) is 0 Å². The summed E-state index contributed by atoms with van der Waals surface area (Å²) in [5.41, 5.74) is 1.01. The van der Waals surface area contributed by atoms with Gasteiger partial charge in [0.2, 0.25) is 0 Å². The lowest BCUT2D eigenvalue weighted by atomic mass is 9.79. The lowest BCUT2D eigenvalue weighted by Crippen LogP contribution is -2.35.